The number of carbonyl (C=O) groups excluding carboxylic acids is 1. The molecule has 0 bridgehead atoms. The lowest BCUT2D eigenvalue weighted by atomic mass is 10.2. The van der Waals surface area contributed by atoms with Gasteiger partial charge in [-0.2, -0.15) is 0 Å². The number of anilines is 1. The molecule has 0 aliphatic rings. The van der Waals surface area contributed by atoms with Crippen molar-refractivity contribution in [1.82, 2.24) is 4.98 Å². The number of alkyl halides is 1. The maximum absolute atomic E-state index is 11.7. The number of nitrogens with one attached hydrogen (secondary N) is 1. The molecular weight excluding hydrogens is 339 g/mol. The van der Waals surface area contributed by atoms with Crippen LogP contribution in [0.4, 0.5) is 5.13 Å². The third-order valence-electron chi connectivity index (χ3n) is 2.29. The number of hydrogen-bond donors (Lipinski definition) is 1. The first-order valence-electron chi connectivity index (χ1n) is 5.53. The largest absolute Gasteiger partial charge is 0.298 e. The van der Waals surface area contributed by atoms with Gasteiger partial charge in [0.15, 0.2) is 5.13 Å². The fraction of sp³-hybridized carbons (Fsp3) is 0.0769. The molecule has 20 heavy (non-hydrogen) atoms. The molecule has 104 valence electrons. The number of nitrogens with zero attached hydrogens (tertiary/aromatic N) is 1. The van der Waals surface area contributed by atoms with Crippen LogP contribution in [0.25, 0.3) is 6.08 Å². The highest BCUT2D eigenvalue weighted by molar-refractivity contribution is 7.14. The van der Waals surface area contributed by atoms with Crippen molar-refractivity contribution < 1.29 is 4.79 Å². The topological polar surface area (TPSA) is 42.0 Å². The van der Waals surface area contributed by atoms with E-state index in [2.05, 4.69) is 10.3 Å². The molecule has 3 nitrogen and oxygen atoms in total. The third kappa shape index (κ3) is 4.21. The number of halogens is 3. The SMILES string of the molecule is O=C(/C=C/c1ccc(Cl)c(Cl)c1)Nc1nc(CCl)cs1. The summed E-state index contributed by atoms with van der Waals surface area (Å²) in [5.41, 5.74) is 1.52. The summed E-state index contributed by atoms with van der Waals surface area (Å²) >= 11 is 18.7. The lowest BCUT2D eigenvalue weighted by molar-refractivity contribution is -0.111. The average Bonchev–Trinajstić information content (AvgIpc) is 2.88. The van der Waals surface area contributed by atoms with E-state index in [1.54, 1.807) is 29.7 Å². The predicted molar refractivity (Wildman–Crippen MR) is 85.8 cm³/mol. The monoisotopic (exact) mass is 346 g/mol. The molecule has 1 aromatic heterocycles. The van der Waals surface area contributed by atoms with Crippen molar-refractivity contribution in [2.75, 3.05) is 5.32 Å². The molecule has 1 heterocycles. The Hall–Kier alpha value is -1.07. The molecule has 0 atom stereocenters. The van der Waals surface area contributed by atoms with Crippen LogP contribution >= 0.6 is 46.1 Å². The second-order valence-electron chi connectivity index (χ2n) is 3.77. The van der Waals surface area contributed by atoms with Gasteiger partial charge in [0.05, 0.1) is 21.6 Å². The Morgan fingerprint density at radius 1 is 1.35 bits per heavy atom. The first kappa shape index (κ1) is 15.3. The van der Waals surface area contributed by atoms with Crippen molar-refractivity contribution in [2.24, 2.45) is 0 Å². The summed E-state index contributed by atoms with van der Waals surface area (Å²) < 4.78 is 0. The van der Waals surface area contributed by atoms with Crippen LogP contribution in [0, 0.1) is 0 Å². The molecule has 0 radical (unpaired) electrons. The normalized spacial score (nSPS) is 10.9. The highest BCUT2D eigenvalue weighted by Crippen LogP contribution is 2.23. The zero-order valence-electron chi connectivity index (χ0n) is 10.1. The molecule has 0 unspecified atom stereocenters. The first-order chi connectivity index (χ1) is 9.58. The maximum atomic E-state index is 11.7. The van der Waals surface area contributed by atoms with Crippen LogP contribution in [0.3, 0.4) is 0 Å². The van der Waals surface area contributed by atoms with Crippen LogP contribution in [0.5, 0.6) is 0 Å². The van der Waals surface area contributed by atoms with Crippen molar-refractivity contribution >= 4 is 63.3 Å². The number of carbonyl (C=O) groups is 1. The molecule has 7 heteroatoms. The van der Waals surface area contributed by atoms with Crippen LogP contribution < -0.4 is 5.32 Å². The molecule has 1 aromatic carbocycles. The van der Waals surface area contributed by atoms with Crippen molar-refractivity contribution in [1.29, 1.82) is 0 Å². The van der Waals surface area contributed by atoms with E-state index >= 15 is 0 Å². The zero-order valence-corrected chi connectivity index (χ0v) is 13.2. The minimum absolute atomic E-state index is 0.272. The average molecular weight is 348 g/mol. The quantitative estimate of drug-likeness (QED) is 0.635. The van der Waals surface area contributed by atoms with E-state index in [0.29, 0.717) is 21.1 Å². The van der Waals surface area contributed by atoms with Gasteiger partial charge in [-0.15, -0.1) is 22.9 Å². The van der Waals surface area contributed by atoms with Crippen molar-refractivity contribution in [3.63, 3.8) is 0 Å². The summed E-state index contributed by atoms with van der Waals surface area (Å²) in [7, 11) is 0. The van der Waals surface area contributed by atoms with E-state index in [9.17, 15) is 4.79 Å². The number of hydrogen-bond acceptors (Lipinski definition) is 3. The van der Waals surface area contributed by atoms with Gasteiger partial charge in [-0.3, -0.25) is 10.1 Å². The summed E-state index contributed by atoms with van der Waals surface area (Å²) in [5, 5.41) is 5.89. The number of amides is 1. The van der Waals surface area contributed by atoms with Gasteiger partial charge in [0.2, 0.25) is 5.91 Å². The first-order valence-corrected chi connectivity index (χ1v) is 7.70. The fourth-order valence-corrected chi connectivity index (χ4v) is 2.61. The number of benzene rings is 1. The van der Waals surface area contributed by atoms with Gasteiger partial charge in [-0.25, -0.2) is 4.98 Å². The number of rotatable bonds is 4. The highest BCUT2D eigenvalue weighted by atomic mass is 35.5. The Morgan fingerprint density at radius 3 is 2.80 bits per heavy atom. The van der Waals surface area contributed by atoms with Gasteiger partial charge >= 0.3 is 0 Å². The molecular formula is C13H9Cl3N2OS. The molecule has 0 saturated carbocycles. The standard InChI is InChI=1S/C13H9Cl3N2OS/c14-6-9-7-20-13(17-9)18-12(19)4-2-8-1-3-10(15)11(16)5-8/h1-5,7H,6H2,(H,17,18,19)/b4-2+. The Bertz CT molecular complexity index is 655. The third-order valence-corrected chi connectivity index (χ3v) is 4.11. The van der Waals surface area contributed by atoms with Gasteiger partial charge in [-0.1, -0.05) is 29.3 Å². The smallest absolute Gasteiger partial charge is 0.250 e. The van der Waals surface area contributed by atoms with Crippen molar-refractivity contribution in [3.8, 4) is 0 Å². The Labute approximate surface area is 135 Å². The molecule has 1 N–H and O–H groups in total. The summed E-state index contributed by atoms with van der Waals surface area (Å²) in [6.45, 7) is 0. The number of thiazole rings is 1. The van der Waals surface area contributed by atoms with E-state index in [4.69, 9.17) is 34.8 Å². The summed E-state index contributed by atoms with van der Waals surface area (Å²) in [4.78, 5) is 15.8. The predicted octanol–water partition coefficient (Wildman–Crippen LogP) is 4.84. The Balaban J connectivity index is 1.99. The lowest BCUT2D eigenvalue weighted by Gasteiger charge is -1.98. The van der Waals surface area contributed by atoms with Crippen LogP contribution in [-0.2, 0) is 10.7 Å². The molecule has 0 fully saturated rings. The molecule has 2 rings (SSSR count). The zero-order chi connectivity index (χ0) is 14.5. The van der Waals surface area contributed by atoms with Crippen LogP contribution in [0.2, 0.25) is 10.0 Å². The molecule has 0 spiro atoms. The van der Waals surface area contributed by atoms with Gasteiger partial charge in [0.25, 0.3) is 0 Å². The van der Waals surface area contributed by atoms with Crippen LogP contribution in [0.15, 0.2) is 29.7 Å². The number of aromatic nitrogens is 1. The minimum atomic E-state index is -0.272. The van der Waals surface area contributed by atoms with Crippen LogP contribution in [0.1, 0.15) is 11.3 Å². The Morgan fingerprint density at radius 2 is 2.15 bits per heavy atom. The summed E-state index contributed by atoms with van der Waals surface area (Å²) in [6, 6.07) is 5.13. The minimum Gasteiger partial charge on any atom is -0.298 e. The molecule has 0 aliphatic carbocycles. The van der Waals surface area contributed by atoms with Crippen molar-refractivity contribution in [3.05, 3.63) is 51.0 Å². The highest BCUT2D eigenvalue weighted by Gasteiger charge is 2.03. The van der Waals surface area contributed by atoms with E-state index in [0.717, 1.165) is 11.3 Å². The molecule has 0 saturated heterocycles. The van der Waals surface area contributed by atoms with Crippen molar-refractivity contribution in [2.45, 2.75) is 5.88 Å². The van der Waals surface area contributed by atoms with E-state index in [-0.39, 0.29) is 5.91 Å². The second kappa shape index (κ2) is 7.09. The van der Waals surface area contributed by atoms with E-state index < -0.39 is 0 Å². The van der Waals surface area contributed by atoms with Gasteiger partial charge in [-0.05, 0) is 23.8 Å². The van der Waals surface area contributed by atoms with E-state index in [1.165, 1.54) is 17.4 Å². The Kier molecular flexibility index (Phi) is 5.43. The lowest BCUT2D eigenvalue weighted by Crippen LogP contribution is -2.07. The van der Waals surface area contributed by atoms with Gasteiger partial charge in [0.1, 0.15) is 0 Å². The maximum Gasteiger partial charge on any atom is 0.250 e. The summed E-state index contributed by atoms with van der Waals surface area (Å²) in [5.74, 6) is 0.0532. The van der Waals surface area contributed by atoms with Gasteiger partial charge < -0.3 is 0 Å². The van der Waals surface area contributed by atoms with Crippen LogP contribution in [-0.4, -0.2) is 10.9 Å². The fourth-order valence-electron chi connectivity index (χ4n) is 1.36. The van der Waals surface area contributed by atoms with Gasteiger partial charge in [0, 0.05) is 11.5 Å². The molecule has 1 amide bonds. The molecule has 2 aromatic rings. The summed E-state index contributed by atoms with van der Waals surface area (Å²) in [6.07, 6.45) is 3.05. The molecule has 0 aliphatic heterocycles. The van der Waals surface area contributed by atoms with E-state index in [1.807, 2.05) is 0 Å². The second-order valence-corrected chi connectivity index (χ2v) is 5.71.